The van der Waals surface area contributed by atoms with Crippen LogP contribution in [0.25, 0.3) is 11.3 Å². The SMILES string of the molecule is Fc1cccc(Cl)c1-c1cc(CBr)on1. The van der Waals surface area contributed by atoms with Gasteiger partial charge in [0.15, 0.2) is 0 Å². The molecule has 0 bridgehead atoms. The average Bonchev–Trinajstić information content (AvgIpc) is 2.66. The van der Waals surface area contributed by atoms with Gasteiger partial charge in [0.2, 0.25) is 0 Å². The van der Waals surface area contributed by atoms with Gasteiger partial charge in [0.1, 0.15) is 17.3 Å². The molecule has 0 aliphatic carbocycles. The fraction of sp³-hybridized carbons (Fsp3) is 0.100. The van der Waals surface area contributed by atoms with Crippen LogP contribution in [0.4, 0.5) is 4.39 Å². The van der Waals surface area contributed by atoms with Gasteiger partial charge in [0, 0.05) is 6.07 Å². The number of nitrogens with zero attached hydrogens (tertiary/aromatic N) is 1. The summed E-state index contributed by atoms with van der Waals surface area (Å²) in [4.78, 5) is 0. The van der Waals surface area contributed by atoms with Crippen molar-refractivity contribution in [1.29, 1.82) is 0 Å². The molecule has 0 saturated heterocycles. The molecule has 1 heterocycles. The molecule has 0 aliphatic heterocycles. The van der Waals surface area contributed by atoms with E-state index >= 15 is 0 Å². The van der Waals surface area contributed by atoms with Gasteiger partial charge in [0.25, 0.3) is 0 Å². The Morgan fingerprint density at radius 3 is 2.87 bits per heavy atom. The largest absolute Gasteiger partial charge is 0.360 e. The molecule has 15 heavy (non-hydrogen) atoms. The van der Waals surface area contributed by atoms with E-state index in [9.17, 15) is 4.39 Å². The molecule has 0 saturated carbocycles. The molecule has 0 radical (unpaired) electrons. The number of hydrogen-bond donors (Lipinski definition) is 0. The van der Waals surface area contributed by atoms with Gasteiger partial charge >= 0.3 is 0 Å². The van der Waals surface area contributed by atoms with Crippen molar-refractivity contribution >= 4 is 27.5 Å². The first-order valence-corrected chi connectivity index (χ1v) is 5.68. The van der Waals surface area contributed by atoms with E-state index in [0.29, 0.717) is 21.8 Å². The molecular weight excluding hydrogens is 284 g/mol. The van der Waals surface area contributed by atoms with Crippen molar-refractivity contribution in [2.24, 2.45) is 0 Å². The predicted molar refractivity (Wildman–Crippen MR) is 59.5 cm³/mol. The van der Waals surface area contributed by atoms with Gasteiger partial charge in [-0.15, -0.1) is 0 Å². The second-order valence-electron chi connectivity index (χ2n) is 2.91. The highest BCUT2D eigenvalue weighted by Gasteiger charge is 2.13. The summed E-state index contributed by atoms with van der Waals surface area (Å²) in [6, 6.07) is 6.15. The van der Waals surface area contributed by atoms with E-state index in [-0.39, 0.29) is 5.56 Å². The van der Waals surface area contributed by atoms with E-state index in [1.165, 1.54) is 6.07 Å². The Morgan fingerprint density at radius 1 is 1.47 bits per heavy atom. The van der Waals surface area contributed by atoms with E-state index in [2.05, 4.69) is 21.1 Å². The summed E-state index contributed by atoms with van der Waals surface area (Å²) in [6.07, 6.45) is 0. The summed E-state index contributed by atoms with van der Waals surface area (Å²) in [5, 5.41) is 4.61. The van der Waals surface area contributed by atoms with Crippen LogP contribution in [-0.4, -0.2) is 5.16 Å². The molecule has 78 valence electrons. The Morgan fingerprint density at radius 2 is 2.27 bits per heavy atom. The number of alkyl halides is 1. The number of hydrogen-bond acceptors (Lipinski definition) is 2. The van der Waals surface area contributed by atoms with Crippen LogP contribution in [0.1, 0.15) is 5.76 Å². The predicted octanol–water partition coefficient (Wildman–Crippen LogP) is 4.03. The first-order valence-electron chi connectivity index (χ1n) is 4.18. The molecule has 2 nitrogen and oxygen atoms in total. The topological polar surface area (TPSA) is 26.0 Å². The molecule has 0 amide bonds. The summed E-state index contributed by atoms with van der Waals surface area (Å²) < 4.78 is 18.4. The summed E-state index contributed by atoms with van der Waals surface area (Å²) in [6.45, 7) is 0. The maximum absolute atomic E-state index is 13.5. The third kappa shape index (κ3) is 2.06. The average molecular weight is 291 g/mol. The second-order valence-corrected chi connectivity index (χ2v) is 3.88. The molecule has 0 N–H and O–H groups in total. The van der Waals surface area contributed by atoms with Crippen molar-refractivity contribution in [1.82, 2.24) is 5.16 Å². The van der Waals surface area contributed by atoms with Crippen molar-refractivity contribution in [3.63, 3.8) is 0 Å². The number of halogens is 3. The van der Waals surface area contributed by atoms with Crippen molar-refractivity contribution < 1.29 is 8.91 Å². The maximum atomic E-state index is 13.5. The lowest BCUT2D eigenvalue weighted by Crippen LogP contribution is -1.85. The van der Waals surface area contributed by atoms with E-state index in [1.807, 2.05) is 0 Å². The lowest BCUT2D eigenvalue weighted by atomic mass is 10.1. The quantitative estimate of drug-likeness (QED) is 0.781. The molecule has 0 aliphatic rings. The highest BCUT2D eigenvalue weighted by Crippen LogP contribution is 2.30. The third-order valence-electron chi connectivity index (χ3n) is 1.91. The summed E-state index contributed by atoms with van der Waals surface area (Å²) >= 11 is 9.10. The zero-order chi connectivity index (χ0) is 10.8. The molecule has 1 aromatic carbocycles. The van der Waals surface area contributed by atoms with Gasteiger partial charge in [0.05, 0.1) is 15.9 Å². The highest BCUT2D eigenvalue weighted by atomic mass is 79.9. The molecule has 1 aromatic heterocycles. The molecule has 0 atom stereocenters. The molecular formula is C10H6BrClFNO. The molecule has 0 spiro atoms. The Bertz CT molecular complexity index is 466. The zero-order valence-corrected chi connectivity index (χ0v) is 9.85. The van der Waals surface area contributed by atoms with Crippen LogP contribution in [0.3, 0.4) is 0 Å². The summed E-state index contributed by atoms with van der Waals surface area (Å²) in [5.74, 6) is 0.223. The van der Waals surface area contributed by atoms with Gasteiger partial charge < -0.3 is 4.52 Å². The molecule has 5 heteroatoms. The lowest BCUT2D eigenvalue weighted by Gasteiger charge is -2.00. The number of aromatic nitrogens is 1. The van der Waals surface area contributed by atoms with Crippen LogP contribution in [-0.2, 0) is 5.33 Å². The van der Waals surface area contributed by atoms with Crippen LogP contribution in [0.2, 0.25) is 5.02 Å². The van der Waals surface area contributed by atoms with Crippen LogP contribution >= 0.6 is 27.5 Å². The van der Waals surface area contributed by atoms with Crippen LogP contribution in [0.15, 0.2) is 28.8 Å². The van der Waals surface area contributed by atoms with Gasteiger partial charge in [-0.25, -0.2) is 4.39 Å². The van der Waals surface area contributed by atoms with E-state index in [4.69, 9.17) is 16.1 Å². The van der Waals surface area contributed by atoms with Gasteiger partial charge in [-0.1, -0.05) is 38.8 Å². The Balaban J connectivity index is 2.53. The van der Waals surface area contributed by atoms with E-state index in [1.54, 1.807) is 18.2 Å². The van der Waals surface area contributed by atoms with Gasteiger partial charge in [-0.05, 0) is 12.1 Å². The third-order valence-corrected chi connectivity index (χ3v) is 2.78. The lowest BCUT2D eigenvalue weighted by molar-refractivity contribution is 0.397. The first-order chi connectivity index (χ1) is 7.22. The van der Waals surface area contributed by atoms with E-state index in [0.717, 1.165) is 0 Å². The summed E-state index contributed by atoms with van der Waals surface area (Å²) in [7, 11) is 0. The minimum Gasteiger partial charge on any atom is -0.360 e. The van der Waals surface area contributed by atoms with Gasteiger partial charge in [-0.2, -0.15) is 0 Å². The molecule has 0 unspecified atom stereocenters. The molecule has 2 rings (SSSR count). The van der Waals surface area contributed by atoms with E-state index < -0.39 is 5.82 Å². The van der Waals surface area contributed by atoms with Crippen molar-refractivity contribution in [3.05, 3.63) is 40.9 Å². The normalized spacial score (nSPS) is 10.6. The van der Waals surface area contributed by atoms with Crippen LogP contribution in [0.5, 0.6) is 0 Å². The standard InChI is InChI=1S/C10H6BrClFNO/c11-5-6-4-9(14-15-6)10-7(12)2-1-3-8(10)13/h1-4H,5H2. The fourth-order valence-electron chi connectivity index (χ4n) is 1.24. The minimum atomic E-state index is -0.406. The summed E-state index contributed by atoms with van der Waals surface area (Å²) in [5.41, 5.74) is 0.683. The highest BCUT2D eigenvalue weighted by molar-refractivity contribution is 9.08. The van der Waals surface area contributed by atoms with Crippen LogP contribution < -0.4 is 0 Å². The maximum Gasteiger partial charge on any atom is 0.147 e. The molecule has 0 fully saturated rings. The van der Waals surface area contributed by atoms with Gasteiger partial charge in [-0.3, -0.25) is 0 Å². The smallest absolute Gasteiger partial charge is 0.147 e. The first kappa shape index (κ1) is 10.6. The van der Waals surface area contributed by atoms with Crippen molar-refractivity contribution in [2.45, 2.75) is 5.33 Å². The monoisotopic (exact) mass is 289 g/mol. The minimum absolute atomic E-state index is 0.273. The molecule has 2 aromatic rings. The number of rotatable bonds is 2. The fourth-order valence-corrected chi connectivity index (χ4v) is 1.76. The second kappa shape index (κ2) is 4.33. The Labute approximate surface area is 99.2 Å². The Kier molecular flexibility index (Phi) is 3.07. The Hall–Kier alpha value is -0.870. The zero-order valence-electron chi connectivity index (χ0n) is 7.51. The van der Waals surface area contributed by atoms with Crippen molar-refractivity contribution in [3.8, 4) is 11.3 Å². The van der Waals surface area contributed by atoms with Crippen molar-refractivity contribution in [2.75, 3.05) is 0 Å². The van der Waals surface area contributed by atoms with Crippen LogP contribution in [0, 0.1) is 5.82 Å². The number of benzene rings is 1.